The number of benzene rings is 3. The van der Waals surface area contributed by atoms with Gasteiger partial charge >= 0.3 is 0 Å². The van der Waals surface area contributed by atoms with Crippen LogP contribution in [0.4, 0.5) is 0 Å². The molecule has 0 spiro atoms. The summed E-state index contributed by atoms with van der Waals surface area (Å²) in [7, 11) is -3.73. The van der Waals surface area contributed by atoms with E-state index in [1.807, 2.05) is 78.2 Å². The van der Waals surface area contributed by atoms with Crippen LogP contribution in [0.5, 0.6) is 5.75 Å². The van der Waals surface area contributed by atoms with Crippen LogP contribution >= 0.6 is 11.6 Å². The number of nitrogens with zero attached hydrogens (tertiary/aromatic N) is 1. The van der Waals surface area contributed by atoms with E-state index in [9.17, 15) is 13.2 Å². The van der Waals surface area contributed by atoms with Gasteiger partial charge in [-0.05, 0) is 60.7 Å². The van der Waals surface area contributed by atoms with Gasteiger partial charge in [0.25, 0.3) is 5.91 Å². The third kappa shape index (κ3) is 6.05. The highest BCUT2D eigenvalue weighted by Crippen LogP contribution is 2.29. The Morgan fingerprint density at radius 1 is 1.03 bits per heavy atom. The molecule has 4 rings (SSSR count). The Morgan fingerprint density at radius 2 is 1.74 bits per heavy atom. The molecule has 35 heavy (non-hydrogen) atoms. The van der Waals surface area contributed by atoms with Crippen molar-refractivity contribution in [2.45, 2.75) is 26.3 Å². The third-order valence-electron chi connectivity index (χ3n) is 5.72. The van der Waals surface area contributed by atoms with E-state index in [4.69, 9.17) is 16.3 Å². The number of carbonyl (C=O) groups excluding carboxylic acids is 1. The second-order valence-electron chi connectivity index (χ2n) is 8.48. The van der Waals surface area contributed by atoms with Crippen molar-refractivity contribution in [1.29, 1.82) is 0 Å². The van der Waals surface area contributed by atoms with Crippen molar-refractivity contribution < 1.29 is 17.9 Å². The first-order valence-electron chi connectivity index (χ1n) is 11.3. The van der Waals surface area contributed by atoms with Gasteiger partial charge in [0.15, 0.2) is 0 Å². The number of hydrogen-bond acceptors (Lipinski definition) is 4. The van der Waals surface area contributed by atoms with Gasteiger partial charge in [-0.15, -0.1) is 0 Å². The van der Waals surface area contributed by atoms with Gasteiger partial charge in [0.2, 0.25) is 10.0 Å². The maximum atomic E-state index is 13.2. The molecule has 1 aromatic heterocycles. The molecule has 1 heterocycles. The number of halogens is 1. The highest BCUT2D eigenvalue weighted by Gasteiger charge is 2.24. The Morgan fingerprint density at radius 3 is 2.46 bits per heavy atom. The minimum Gasteiger partial charge on any atom is -0.494 e. The van der Waals surface area contributed by atoms with Crippen molar-refractivity contribution in [3.05, 3.63) is 100 Å². The van der Waals surface area contributed by atoms with Gasteiger partial charge in [-0.25, -0.2) is 13.1 Å². The van der Waals surface area contributed by atoms with Crippen LogP contribution < -0.4 is 9.46 Å². The fourth-order valence-corrected chi connectivity index (χ4v) is 4.73. The lowest BCUT2D eigenvalue weighted by Gasteiger charge is -2.13. The molecule has 0 fully saturated rings. The molecule has 0 aliphatic carbocycles. The number of ether oxygens (including phenoxy) is 1. The molecule has 0 saturated heterocycles. The number of carbonyl (C=O) groups is 1. The van der Waals surface area contributed by atoms with Gasteiger partial charge in [0, 0.05) is 22.5 Å². The predicted molar refractivity (Wildman–Crippen MR) is 140 cm³/mol. The highest BCUT2D eigenvalue weighted by molar-refractivity contribution is 7.89. The summed E-state index contributed by atoms with van der Waals surface area (Å²) in [4.78, 5) is 13.2. The molecule has 8 heteroatoms. The standard InChI is InChI=1S/C27H27ClN2O4S/c1-19-17-21(14-15-24(19)28)34-16-8-12-23-22-11-6-7-13-25(22)30(18-20-9-4-3-5-10-20)26(23)27(31)29-35(2,32)33/h3-7,9-11,13-15,17H,8,12,16,18H2,1-2H3,(H,29,31). The number of sulfonamides is 1. The molecular weight excluding hydrogens is 484 g/mol. The molecule has 6 nitrogen and oxygen atoms in total. The van der Waals surface area contributed by atoms with Gasteiger partial charge in [0.1, 0.15) is 11.4 Å². The molecule has 1 N–H and O–H groups in total. The van der Waals surface area contributed by atoms with Crippen LogP contribution in [0.3, 0.4) is 0 Å². The van der Waals surface area contributed by atoms with Crippen LogP contribution in [-0.4, -0.2) is 31.8 Å². The summed E-state index contributed by atoms with van der Waals surface area (Å²) in [5.41, 5.74) is 3.97. The number of amides is 1. The van der Waals surface area contributed by atoms with Crippen molar-refractivity contribution in [3.8, 4) is 5.75 Å². The van der Waals surface area contributed by atoms with Crippen LogP contribution in [0, 0.1) is 6.92 Å². The lowest BCUT2D eigenvalue weighted by atomic mass is 10.1. The van der Waals surface area contributed by atoms with Gasteiger partial charge in [0.05, 0.1) is 12.9 Å². The van der Waals surface area contributed by atoms with E-state index < -0.39 is 15.9 Å². The van der Waals surface area contributed by atoms with E-state index in [1.54, 1.807) is 6.07 Å². The molecule has 0 aliphatic rings. The molecule has 4 aromatic rings. The van der Waals surface area contributed by atoms with E-state index in [0.29, 0.717) is 36.7 Å². The Balaban J connectivity index is 1.67. The SMILES string of the molecule is Cc1cc(OCCCc2c(C(=O)NS(C)(=O)=O)n(Cc3ccccc3)c3ccccc23)ccc1Cl. The molecule has 0 unspecified atom stereocenters. The Bertz CT molecular complexity index is 1460. The number of para-hydroxylation sites is 1. The summed E-state index contributed by atoms with van der Waals surface area (Å²) in [5.74, 6) is 0.0947. The van der Waals surface area contributed by atoms with Gasteiger partial charge in [-0.3, -0.25) is 4.79 Å². The summed E-state index contributed by atoms with van der Waals surface area (Å²) in [6, 6.07) is 23.0. The van der Waals surface area contributed by atoms with E-state index in [0.717, 1.165) is 39.6 Å². The zero-order chi connectivity index (χ0) is 25.0. The average molecular weight is 511 g/mol. The first-order chi connectivity index (χ1) is 16.7. The fraction of sp³-hybridized carbons (Fsp3) is 0.222. The molecule has 3 aromatic carbocycles. The highest BCUT2D eigenvalue weighted by atomic mass is 35.5. The van der Waals surface area contributed by atoms with Gasteiger partial charge in [-0.1, -0.05) is 60.1 Å². The minimum atomic E-state index is -3.73. The predicted octanol–water partition coefficient (Wildman–Crippen LogP) is 5.35. The van der Waals surface area contributed by atoms with E-state index in [2.05, 4.69) is 4.72 Å². The van der Waals surface area contributed by atoms with Crippen LogP contribution in [0.15, 0.2) is 72.8 Å². The number of rotatable bonds is 9. The van der Waals surface area contributed by atoms with Crippen molar-refractivity contribution in [1.82, 2.24) is 9.29 Å². The number of fused-ring (bicyclic) bond motifs is 1. The third-order valence-corrected chi connectivity index (χ3v) is 6.70. The summed E-state index contributed by atoms with van der Waals surface area (Å²) in [6.07, 6.45) is 2.16. The van der Waals surface area contributed by atoms with Crippen molar-refractivity contribution in [2.75, 3.05) is 12.9 Å². The lowest BCUT2D eigenvalue weighted by Crippen LogP contribution is -2.32. The fourth-order valence-electron chi connectivity index (χ4n) is 4.18. The number of aryl methyl sites for hydroxylation is 2. The van der Waals surface area contributed by atoms with Crippen molar-refractivity contribution >= 4 is 38.4 Å². The molecule has 1 amide bonds. The van der Waals surface area contributed by atoms with E-state index in [-0.39, 0.29) is 0 Å². The molecule has 0 bridgehead atoms. The maximum Gasteiger partial charge on any atom is 0.281 e. The topological polar surface area (TPSA) is 77.4 Å². The lowest BCUT2D eigenvalue weighted by molar-refractivity contribution is 0.0972. The van der Waals surface area contributed by atoms with Crippen LogP contribution in [0.2, 0.25) is 5.02 Å². The molecule has 182 valence electrons. The monoisotopic (exact) mass is 510 g/mol. The summed E-state index contributed by atoms with van der Waals surface area (Å²) in [6.45, 7) is 2.80. The average Bonchev–Trinajstić information content (AvgIpc) is 3.12. The summed E-state index contributed by atoms with van der Waals surface area (Å²) < 4.78 is 33.8. The molecule has 0 aliphatic heterocycles. The van der Waals surface area contributed by atoms with Crippen molar-refractivity contribution in [3.63, 3.8) is 0 Å². The summed E-state index contributed by atoms with van der Waals surface area (Å²) in [5, 5.41) is 1.61. The first-order valence-corrected chi connectivity index (χ1v) is 13.5. The molecular formula is C27H27ClN2O4S. The quantitative estimate of drug-likeness (QED) is 0.308. The number of nitrogens with one attached hydrogen (secondary N) is 1. The Hall–Kier alpha value is -3.29. The molecule has 0 radical (unpaired) electrons. The van der Waals surface area contributed by atoms with Gasteiger partial charge in [-0.2, -0.15) is 0 Å². The summed E-state index contributed by atoms with van der Waals surface area (Å²) >= 11 is 6.09. The van der Waals surface area contributed by atoms with Gasteiger partial charge < -0.3 is 9.30 Å². The van der Waals surface area contributed by atoms with E-state index in [1.165, 1.54) is 0 Å². The van der Waals surface area contributed by atoms with Crippen molar-refractivity contribution in [2.24, 2.45) is 0 Å². The Labute approximate surface area is 210 Å². The zero-order valence-electron chi connectivity index (χ0n) is 19.6. The molecule has 0 saturated carbocycles. The second-order valence-corrected chi connectivity index (χ2v) is 10.6. The largest absolute Gasteiger partial charge is 0.494 e. The normalized spacial score (nSPS) is 11.5. The minimum absolute atomic E-state index is 0.350. The van der Waals surface area contributed by atoms with E-state index >= 15 is 0 Å². The maximum absolute atomic E-state index is 13.2. The second kappa shape index (κ2) is 10.5. The smallest absolute Gasteiger partial charge is 0.281 e. The number of hydrogen-bond donors (Lipinski definition) is 1. The Kier molecular flexibility index (Phi) is 7.48. The zero-order valence-corrected chi connectivity index (χ0v) is 21.2. The first kappa shape index (κ1) is 24.8. The van der Waals surface area contributed by atoms with Crippen LogP contribution in [-0.2, 0) is 23.0 Å². The van der Waals surface area contributed by atoms with Crippen LogP contribution in [0.1, 0.15) is 33.6 Å². The molecule has 0 atom stereocenters. The number of aromatic nitrogens is 1. The van der Waals surface area contributed by atoms with Crippen LogP contribution in [0.25, 0.3) is 10.9 Å².